The second kappa shape index (κ2) is 6.15. The van der Waals surface area contributed by atoms with Gasteiger partial charge in [-0.25, -0.2) is 0 Å². The van der Waals surface area contributed by atoms with E-state index in [-0.39, 0.29) is 0 Å². The molecule has 2 aromatic rings. The van der Waals surface area contributed by atoms with E-state index in [0.717, 1.165) is 29.4 Å². The lowest BCUT2D eigenvalue weighted by Gasteiger charge is -2.04. The molecule has 94 valence electrons. The first-order chi connectivity index (χ1) is 8.83. The number of nitrogens with zero attached hydrogens (tertiary/aromatic N) is 2. The number of rotatable bonds is 5. The molecular formula is C15H19N3. The topological polar surface area (TPSA) is 50.7 Å². The summed E-state index contributed by atoms with van der Waals surface area (Å²) in [5.41, 5.74) is 7.59. The highest BCUT2D eigenvalue weighted by Gasteiger charge is 2.02. The maximum absolute atomic E-state index is 6.11. The number of nitrogens with two attached hydrogens (primary N) is 1. The monoisotopic (exact) mass is 241 g/mol. The van der Waals surface area contributed by atoms with Crippen LogP contribution >= 0.6 is 0 Å². The highest BCUT2D eigenvalue weighted by Crippen LogP contribution is 2.30. The minimum atomic E-state index is 0.715. The Morgan fingerprint density at radius 3 is 2.72 bits per heavy atom. The predicted octanol–water partition coefficient (Wildman–Crippen LogP) is 4.70. The molecule has 2 aromatic carbocycles. The van der Waals surface area contributed by atoms with E-state index < -0.39 is 0 Å². The van der Waals surface area contributed by atoms with E-state index in [2.05, 4.69) is 17.2 Å². The molecule has 0 saturated carbocycles. The van der Waals surface area contributed by atoms with Crippen molar-refractivity contribution in [2.45, 2.75) is 26.2 Å². The summed E-state index contributed by atoms with van der Waals surface area (Å²) in [6.07, 6.45) is 3.49. The van der Waals surface area contributed by atoms with Crippen LogP contribution in [-0.2, 0) is 0 Å². The summed E-state index contributed by atoms with van der Waals surface area (Å²) in [5.74, 6) is 0. The van der Waals surface area contributed by atoms with Crippen LogP contribution in [0.1, 0.15) is 26.2 Å². The van der Waals surface area contributed by atoms with Crippen LogP contribution in [0.25, 0.3) is 10.8 Å². The van der Waals surface area contributed by atoms with Crippen LogP contribution in [0.5, 0.6) is 0 Å². The fraction of sp³-hybridized carbons (Fsp3) is 0.333. The van der Waals surface area contributed by atoms with Crippen molar-refractivity contribution in [3.63, 3.8) is 0 Å². The molecule has 0 aliphatic heterocycles. The molecule has 18 heavy (non-hydrogen) atoms. The molecule has 0 heterocycles. The standard InChI is InChI=1S/C15H19N3/c1-2-3-6-11-17-18-14-10-9-12-7-4-5-8-13(12)15(14)16/h4-5,7-10H,2-3,6,11,16H2,1H3. The zero-order valence-electron chi connectivity index (χ0n) is 10.8. The molecule has 2 N–H and O–H groups in total. The fourth-order valence-corrected chi connectivity index (χ4v) is 1.93. The summed E-state index contributed by atoms with van der Waals surface area (Å²) >= 11 is 0. The van der Waals surface area contributed by atoms with Gasteiger partial charge in [0.05, 0.1) is 12.2 Å². The third-order valence-corrected chi connectivity index (χ3v) is 2.99. The molecule has 0 spiro atoms. The van der Waals surface area contributed by atoms with Crippen LogP contribution < -0.4 is 5.73 Å². The average Bonchev–Trinajstić information content (AvgIpc) is 2.41. The Bertz CT molecular complexity index is 546. The van der Waals surface area contributed by atoms with E-state index in [1.807, 2.05) is 36.4 Å². The van der Waals surface area contributed by atoms with Gasteiger partial charge in [-0.1, -0.05) is 50.1 Å². The number of azo groups is 1. The van der Waals surface area contributed by atoms with Gasteiger partial charge in [0, 0.05) is 5.39 Å². The van der Waals surface area contributed by atoms with E-state index in [1.165, 1.54) is 12.8 Å². The molecule has 0 aliphatic rings. The molecule has 0 aliphatic carbocycles. The van der Waals surface area contributed by atoms with Gasteiger partial charge in [-0.2, -0.15) is 10.2 Å². The predicted molar refractivity (Wildman–Crippen MR) is 77.3 cm³/mol. The van der Waals surface area contributed by atoms with Gasteiger partial charge < -0.3 is 5.73 Å². The van der Waals surface area contributed by atoms with Gasteiger partial charge in [-0.05, 0) is 17.9 Å². The smallest absolute Gasteiger partial charge is 0.109 e. The van der Waals surface area contributed by atoms with Crippen molar-refractivity contribution in [3.05, 3.63) is 36.4 Å². The Labute approximate surface area is 108 Å². The van der Waals surface area contributed by atoms with Crippen molar-refractivity contribution in [3.8, 4) is 0 Å². The van der Waals surface area contributed by atoms with Gasteiger partial charge in [-0.15, -0.1) is 0 Å². The minimum Gasteiger partial charge on any atom is -0.396 e. The van der Waals surface area contributed by atoms with Crippen molar-refractivity contribution in [2.75, 3.05) is 12.3 Å². The van der Waals surface area contributed by atoms with Crippen LogP contribution in [0.3, 0.4) is 0 Å². The quantitative estimate of drug-likeness (QED) is 0.460. The van der Waals surface area contributed by atoms with Gasteiger partial charge in [0.25, 0.3) is 0 Å². The average molecular weight is 241 g/mol. The molecule has 0 aromatic heterocycles. The lowest BCUT2D eigenvalue weighted by atomic mass is 10.1. The van der Waals surface area contributed by atoms with Crippen molar-refractivity contribution >= 4 is 22.1 Å². The molecule has 3 heteroatoms. The number of anilines is 1. The Morgan fingerprint density at radius 2 is 1.89 bits per heavy atom. The van der Waals surface area contributed by atoms with Gasteiger partial charge in [0.15, 0.2) is 0 Å². The summed E-state index contributed by atoms with van der Waals surface area (Å²) in [4.78, 5) is 0. The first-order valence-electron chi connectivity index (χ1n) is 6.47. The van der Waals surface area contributed by atoms with Crippen LogP contribution in [0.4, 0.5) is 11.4 Å². The van der Waals surface area contributed by atoms with Gasteiger partial charge >= 0.3 is 0 Å². The third-order valence-electron chi connectivity index (χ3n) is 2.99. The van der Waals surface area contributed by atoms with E-state index in [4.69, 9.17) is 5.73 Å². The second-order valence-corrected chi connectivity index (χ2v) is 4.39. The molecule has 0 fully saturated rings. The number of unbranched alkanes of at least 4 members (excludes halogenated alkanes) is 2. The summed E-state index contributed by atoms with van der Waals surface area (Å²) in [6, 6.07) is 12.0. The van der Waals surface area contributed by atoms with E-state index in [0.29, 0.717) is 5.69 Å². The second-order valence-electron chi connectivity index (χ2n) is 4.39. The van der Waals surface area contributed by atoms with Crippen LogP contribution in [0.15, 0.2) is 46.6 Å². The molecule has 0 radical (unpaired) electrons. The number of hydrogen-bond donors (Lipinski definition) is 1. The lowest BCUT2D eigenvalue weighted by Crippen LogP contribution is -1.87. The highest BCUT2D eigenvalue weighted by atomic mass is 15.1. The molecule has 3 nitrogen and oxygen atoms in total. The Morgan fingerprint density at radius 1 is 1.06 bits per heavy atom. The Balaban J connectivity index is 2.16. The molecule has 0 bridgehead atoms. The summed E-state index contributed by atoms with van der Waals surface area (Å²) < 4.78 is 0. The van der Waals surface area contributed by atoms with Gasteiger partial charge in [-0.3, -0.25) is 0 Å². The van der Waals surface area contributed by atoms with Gasteiger partial charge in [0.2, 0.25) is 0 Å². The van der Waals surface area contributed by atoms with Crippen LogP contribution in [0, 0.1) is 0 Å². The fourth-order valence-electron chi connectivity index (χ4n) is 1.93. The number of nitrogen functional groups attached to an aromatic ring is 1. The van der Waals surface area contributed by atoms with E-state index in [1.54, 1.807) is 0 Å². The first kappa shape index (κ1) is 12.6. The molecule has 0 amide bonds. The van der Waals surface area contributed by atoms with E-state index in [9.17, 15) is 0 Å². The van der Waals surface area contributed by atoms with Crippen molar-refractivity contribution in [1.29, 1.82) is 0 Å². The lowest BCUT2D eigenvalue weighted by molar-refractivity contribution is 0.713. The highest BCUT2D eigenvalue weighted by molar-refractivity contribution is 5.97. The summed E-state index contributed by atoms with van der Waals surface area (Å²) in [5, 5.41) is 10.6. The van der Waals surface area contributed by atoms with Crippen molar-refractivity contribution in [2.24, 2.45) is 10.2 Å². The number of hydrogen-bond acceptors (Lipinski definition) is 3. The first-order valence-corrected chi connectivity index (χ1v) is 6.47. The molecular weight excluding hydrogens is 222 g/mol. The minimum absolute atomic E-state index is 0.715. The van der Waals surface area contributed by atoms with E-state index >= 15 is 0 Å². The largest absolute Gasteiger partial charge is 0.396 e. The van der Waals surface area contributed by atoms with Crippen molar-refractivity contribution in [1.82, 2.24) is 0 Å². The zero-order chi connectivity index (χ0) is 12.8. The molecule has 0 saturated heterocycles. The number of benzene rings is 2. The van der Waals surface area contributed by atoms with Crippen LogP contribution in [0.2, 0.25) is 0 Å². The normalized spacial score (nSPS) is 11.4. The molecule has 2 rings (SSSR count). The number of fused-ring (bicyclic) bond motifs is 1. The zero-order valence-corrected chi connectivity index (χ0v) is 10.8. The van der Waals surface area contributed by atoms with Crippen LogP contribution in [-0.4, -0.2) is 6.54 Å². The Kier molecular flexibility index (Phi) is 4.29. The SMILES string of the molecule is CCCCCN=Nc1ccc2ccccc2c1N. The summed E-state index contributed by atoms with van der Waals surface area (Å²) in [7, 11) is 0. The maximum atomic E-state index is 6.11. The molecule has 0 atom stereocenters. The van der Waals surface area contributed by atoms with Gasteiger partial charge in [0.1, 0.15) is 5.69 Å². The maximum Gasteiger partial charge on any atom is 0.109 e. The summed E-state index contributed by atoms with van der Waals surface area (Å²) in [6.45, 7) is 2.96. The molecule has 0 unspecified atom stereocenters. The third kappa shape index (κ3) is 2.86. The Hall–Kier alpha value is -1.90. The van der Waals surface area contributed by atoms with Crippen molar-refractivity contribution < 1.29 is 0 Å².